The van der Waals surface area contributed by atoms with E-state index in [2.05, 4.69) is 10.3 Å². The molecule has 0 aliphatic rings. The number of allylic oxidation sites excluding steroid dienone is 1. The van der Waals surface area contributed by atoms with E-state index in [9.17, 15) is 9.59 Å². The monoisotopic (exact) mass is 295 g/mol. The van der Waals surface area contributed by atoms with Crippen molar-refractivity contribution in [1.82, 2.24) is 4.98 Å². The Hall–Kier alpha value is -2.40. The molecular weight excluding hydrogens is 282 g/mol. The van der Waals surface area contributed by atoms with Gasteiger partial charge >= 0.3 is 5.97 Å². The van der Waals surface area contributed by atoms with Crippen LogP contribution >= 0.6 is 11.3 Å². The number of anilines is 1. The van der Waals surface area contributed by atoms with Crippen LogP contribution in [0.3, 0.4) is 0 Å². The lowest BCUT2D eigenvalue weighted by Gasteiger charge is -2.00. The highest BCUT2D eigenvalue weighted by molar-refractivity contribution is 7.14. The van der Waals surface area contributed by atoms with Gasteiger partial charge in [0.15, 0.2) is 10.7 Å². The van der Waals surface area contributed by atoms with Crippen molar-refractivity contribution in [2.45, 2.75) is 20.3 Å². The van der Waals surface area contributed by atoms with Gasteiger partial charge in [-0.15, -0.1) is 11.3 Å². The van der Waals surface area contributed by atoms with Crippen molar-refractivity contribution < 1.29 is 19.4 Å². The highest BCUT2D eigenvalue weighted by Gasteiger charge is 2.15. The summed E-state index contributed by atoms with van der Waals surface area (Å²) in [5, 5.41) is 22.1. The van der Waals surface area contributed by atoms with E-state index in [4.69, 9.17) is 15.1 Å². The van der Waals surface area contributed by atoms with Crippen LogP contribution in [-0.4, -0.2) is 28.6 Å². The normalized spacial score (nSPS) is 11.2. The molecule has 20 heavy (non-hydrogen) atoms. The zero-order valence-electron chi connectivity index (χ0n) is 11.0. The van der Waals surface area contributed by atoms with Crippen LogP contribution in [0.1, 0.15) is 19.5 Å². The Morgan fingerprint density at radius 1 is 1.60 bits per heavy atom. The predicted octanol–water partition coefficient (Wildman–Crippen LogP) is 1.54. The van der Waals surface area contributed by atoms with Gasteiger partial charge in [-0.05, 0) is 13.8 Å². The van der Waals surface area contributed by atoms with Gasteiger partial charge in [0.2, 0.25) is 0 Å². The second kappa shape index (κ2) is 7.25. The first kappa shape index (κ1) is 15.7. The van der Waals surface area contributed by atoms with Gasteiger partial charge < -0.3 is 9.84 Å². The summed E-state index contributed by atoms with van der Waals surface area (Å²) in [5.41, 5.74) is 0.0825. The minimum absolute atomic E-state index is 0.0141. The van der Waals surface area contributed by atoms with Crippen molar-refractivity contribution >= 4 is 28.3 Å². The molecule has 1 aromatic heterocycles. The summed E-state index contributed by atoms with van der Waals surface area (Å²) < 4.78 is 4.78. The fourth-order valence-electron chi connectivity index (χ4n) is 1.26. The lowest BCUT2D eigenvalue weighted by atomic mass is 10.2. The first-order valence-electron chi connectivity index (χ1n) is 5.69. The zero-order valence-corrected chi connectivity index (χ0v) is 11.8. The SMILES string of the molecule is CCOC(=O)Cc1csc(NC(=O)C(C#N)=C(C)O)n1. The molecule has 0 fully saturated rings. The number of rotatable bonds is 5. The quantitative estimate of drug-likeness (QED) is 0.369. The molecule has 0 aliphatic carbocycles. The van der Waals surface area contributed by atoms with E-state index < -0.39 is 11.9 Å². The molecule has 0 aliphatic heterocycles. The van der Waals surface area contributed by atoms with Gasteiger partial charge in [-0.1, -0.05) is 0 Å². The summed E-state index contributed by atoms with van der Waals surface area (Å²) in [6.45, 7) is 3.24. The molecule has 0 saturated carbocycles. The standard InChI is InChI=1S/C12H13N3O4S/c1-3-19-10(17)4-8-6-20-12(14-8)15-11(18)9(5-13)7(2)16/h6,16H,3-4H2,1-2H3,(H,14,15,18). The first-order chi connectivity index (χ1) is 9.47. The number of hydrogen-bond donors (Lipinski definition) is 2. The van der Waals surface area contributed by atoms with Crippen molar-refractivity contribution in [3.8, 4) is 6.07 Å². The molecule has 0 radical (unpaired) electrons. The Morgan fingerprint density at radius 3 is 2.85 bits per heavy atom. The number of nitriles is 1. The average molecular weight is 295 g/mol. The molecule has 1 rings (SSSR count). The van der Waals surface area contributed by atoms with E-state index in [1.807, 2.05) is 0 Å². The minimum Gasteiger partial charge on any atom is -0.511 e. The zero-order chi connectivity index (χ0) is 15.1. The van der Waals surface area contributed by atoms with Gasteiger partial charge in [-0.2, -0.15) is 5.26 Å². The molecule has 0 spiro atoms. The maximum absolute atomic E-state index is 11.6. The van der Waals surface area contributed by atoms with Gasteiger partial charge in [0, 0.05) is 5.38 Å². The number of esters is 1. The van der Waals surface area contributed by atoms with E-state index >= 15 is 0 Å². The van der Waals surface area contributed by atoms with E-state index in [-0.39, 0.29) is 22.9 Å². The number of aliphatic hydroxyl groups is 1. The Morgan fingerprint density at radius 2 is 2.30 bits per heavy atom. The number of aromatic nitrogens is 1. The highest BCUT2D eigenvalue weighted by Crippen LogP contribution is 2.17. The van der Waals surface area contributed by atoms with Crippen LogP contribution in [0.15, 0.2) is 16.7 Å². The van der Waals surface area contributed by atoms with Gasteiger partial charge in [0.1, 0.15) is 11.8 Å². The van der Waals surface area contributed by atoms with Gasteiger partial charge in [0.05, 0.1) is 18.7 Å². The summed E-state index contributed by atoms with van der Waals surface area (Å²) in [7, 11) is 0. The molecule has 0 atom stereocenters. The molecule has 0 aromatic carbocycles. The number of thiazole rings is 1. The number of hydrogen-bond acceptors (Lipinski definition) is 7. The fourth-order valence-corrected chi connectivity index (χ4v) is 1.97. The third kappa shape index (κ3) is 4.37. The average Bonchev–Trinajstić information content (AvgIpc) is 2.76. The molecule has 8 heteroatoms. The van der Waals surface area contributed by atoms with Crippen LogP contribution in [0.25, 0.3) is 0 Å². The third-order valence-electron chi connectivity index (χ3n) is 2.10. The summed E-state index contributed by atoms with van der Waals surface area (Å²) in [6.07, 6.45) is 0.0141. The molecule has 2 N–H and O–H groups in total. The first-order valence-corrected chi connectivity index (χ1v) is 6.57. The van der Waals surface area contributed by atoms with E-state index in [0.29, 0.717) is 12.3 Å². The largest absolute Gasteiger partial charge is 0.511 e. The minimum atomic E-state index is -0.746. The number of amides is 1. The van der Waals surface area contributed by atoms with E-state index in [1.54, 1.807) is 18.4 Å². The molecule has 0 unspecified atom stereocenters. The summed E-state index contributed by atoms with van der Waals surface area (Å²) in [4.78, 5) is 26.9. The van der Waals surface area contributed by atoms with Gasteiger partial charge in [-0.25, -0.2) is 4.98 Å². The van der Waals surface area contributed by atoms with Gasteiger partial charge in [-0.3, -0.25) is 14.9 Å². The number of nitrogens with zero attached hydrogens (tertiary/aromatic N) is 2. The molecule has 0 saturated heterocycles. The molecule has 1 aromatic rings. The number of aliphatic hydroxyl groups excluding tert-OH is 1. The summed E-state index contributed by atoms with van der Waals surface area (Å²) in [6, 6.07) is 1.60. The number of carbonyl (C=O) groups is 2. The van der Waals surface area contributed by atoms with Crippen LogP contribution in [0, 0.1) is 11.3 Å². The van der Waals surface area contributed by atoms with Gasteiger partial charge in [0.25, 0.3) is 5.91 Å². The predicted molar refractivity (Wildman–Crippen MR) is 72.0 cm³/mol. The smallest absolute Gasteiger partial charge is 0.311 e. The number of nitrogens with one attached hydrogen (secondary N) is 1. The van der Waals surface area contributed by atoms with Crippen LogP contribution in [-0.2, 0) is 20.7 Å². The lowest BCUT2D eigenvalue weighted by Crippen LogP contribution is -2.15. The second-order valence-electron chi connectivity index (χ2n) is 3.65. The highest BCUT2D eigenvalue weighted by atomic mass is 32.1. The Balaban J connectivity index is 2.70. The van der Waals surface area contributed by atoms with Crippen molar-refractivity contribution in [3.63, 3.8) is 0 Å². The van der Waals surface area contributed by atoms with Crippen LogP contribution in [0.2, 0.25) is 0 Å². The summed E-state index contributed by atoms with van der Waals surface area (Å²) in [5.74, 6) is -1.52. The Bertz CT molecular complexity index is 582. The van der Waals surface area contributed by atoms with Crippen molar-refractivity contribution in [2.24, 2.45) is 0 Å². The van der Waals surface area contributed by atoms with Crippen LogP contribution < -0.4 is 5.32 Å². The van der Waals surface area contributed by atoms with Crippen molar-refractivity contribution in [2.75, 3.05) is 11.9 Å². The van der Waals surface area contributed by atoms with E-state index in [1.165, 1.54) is 6.92 Å². The Kier molecular flexibility index (Phi) is 5.68. The number of carbonyl (C=O) groups excluding carboxylic acids is 2. The maximum atomic E-state index is 11.6. The molecule has 1 amide bonds. The summed E-state index contributed by atoms with van der Waals surface area (Å²) >= 11 is 1.11. The fraction of sp³-hybridized carbons (Fsp3) is 0.333. The number of ether oxygens (including phenoxy) is 1. The van der Waals surface area contributed by atoms with Crippen molar-refractivity contribution in [1.29, 1.82) is 5.26 Å². The van der Waals surface area contributed by atoms with Crippen molar-refractivity contribution in [3.05, 3.63) is 22.4 Å². The van der Waals surface area contributed by atoms with Crippen LogP contribution in [0.5, 0.6) is 0 Å². The molecule has 0 bridgehead atoms. The molecule has 7 nitrogen and oxygen atoms in total. The molecule has 1 heterocycles. The Labute approximate surface area is 119 Å². The second-order valence-corrected chi connectivity index (χ2v) is 4.51. The lowest BCUT2D eigenvalue weighted by molar-refractivity contribution is -0.142. The van der Waals surface area contributed by atoms with E-state index in [0.717, 1.165) is 11.3 Å². The third-order valence-corrected chi connectivity index (χ3v) is 2.91. The molecule has 106 valence electrons. The van der Waals surface area contributed by atoms with Crippen LogP contribution in [0.4, 0.5) is 5.13 Å². The maximum Gasteiger partial charge on any atom is 0.311 e. The topological polar surface area (TPSA) is 112 Å². The molecular formula is C12H13N3O4S.